The van der Waals surface area contributed by atoms with Crippen molar-refractivity contribution in [3.63, 3.8) is 0 Å². The predicted molar refractivity (Wildman–Crippen MR) is 77.8 cm³/mol. The van der Waals surface area contributed by atoms with Gasteiger partial charge in [-0.25, -0.2) is 12.8 Å². The number of sulfonamides is 1. The smallest absolute Gasteiger partial charge is 0.261 e. The molecule has 0 aliphatic carbocycles. The molecule has 0 aliphatic rings. The maximum atomic E-state index is 13.4. The van der Waals surface area contributed by atoms with E-state index in [2.05, 4.69) is 4.72 Å². The normalized spacial score (nSPS) is 11.3. The second-order valence-corrected chi connectivity index (χ2v) is 6.25. The van der Waals surface area contributed by atoms with Gasteiger partial charge in [0.05, 0.1) is 10.6 Å². The molecule has 2 rings (SSSR count). The summed E-state index contributed by atoms with van der Waals surface area (Å²) in [4.78, 5) is 0.163. The summed E-state index contributed by atoms with van der Waals surface area (Å²) in [6.07, 6.45) is 0.844. The zero-order valence-corrected chi connectivity index (χ0v) is 12.2. The minimum absolute atomic E-state index is 0.163. The Kier molecular flexibility index (Phi) is 4.09. The molecule has 0 fully saturated rings. The molecule has 1 N–H and O–H groups in total. The minimum Gasteiger partial charge on any atom is -0.280 e. The molecule has 2 aromatic carbocycles. The van der Waals surface area contributed by atoms with E-state index in [1.165, 1.54) is 18.2 Å². The monoisotopic (exact) mass is 293 g/mol. The first-order valence-corrected chi connectivity index (χ1v) is 7.78. The maximum absolute atomic E-state index is 13.4. The van der Waals surface area contributed by atoms with Crippen LogP contribution >= 0.6 is 0 Å². The van der Waals surface area contributed by atoms with E-state index in [1.807, 2.05) is 6.92 Å². The molecular weight excluding hydrogens is 277 g/mol. The van der Waals surface area contributed by atoms with Crippen LogP contribution in [-0.2, 0) is 16.4 Å². The summed E-state index contributed by atoms with van der Waals surface area (Å²) < 4.78 is 40.1. The predicted octanol–water partition coefficient (Wildman–Crippen LogP) is 3.50. The zero-order chi connectivity index (χ0) is 14.8. The van der Waals surface area contributed by atoms with Crippen molar-refractivity contribution in [1.82, 2.24) is 0 Å². The second kappa shape index (κ2) is 5.63. The quantitative estimate of drug-likeness (QED) is 0.938. The highest BCUT2D eigenvalue weighted by Crippen LogP contribution is 2.19. The van der Waals surface area contributed by atoms with E-state index < -0.39 is 15.8 Å². The first-order valence-electron chi connectivity index (χ1n) is 6.30. The SMILES string of the molecule is CCc1ccc(S(=O)(=O)Nc2ccc(C)c(F)c2)cc1. The molecule has 0 saturated heterocycles. The van der Waals surface area contributed by atoms with Crippen molar-refractivity contribution in [2.45, 2.75) is 25.2 Å². The van der Waals surface area contributed by atoms with Crippen LogP contribution in [0, 0.1) is 12.7 Å². The van der Waals surface area contributed by atoms with Crippen LogP contribution in [0.3, 0.4) is 0 Å². The van der Waals surface area contributed by atoms with Gasteiger partial charge in [0, 0.05) is 0 Å². The molecule has 0 saturated carbocycles. The van der Waals surface area contributed by atoms with E-state index in [9.17, 15) is 12.8 Å². The van der Waals surface area contributed by atoms with Gasteiger partial charge in [-0.15, -0.1) is 0 Å². The average Bonchev–Trinajstić information content (AvgIpc) is 2.43. The highest BCUT2D eigenvalue weighted by atomic mass is 32.2. The van der Waals surface area contributed by atoms with Crippen molar-refractivity contribution < 1.29 is 12.8 Å². The van der Waals surface area contributed by atoms with Gasteiger partial charge in [0.15, 0.2) is 0 Å². The third-order valence-electron chi connectivity index (χ3n) is 3.07. The average molecular weight is 293 g/mol. The van der Waals surface area contributed by atoms with Crippen molar-refractivity contribution in [1.29, 1.82) is 0 Å². The first-order chi connectivity index (χ1) is 9.42. The minimum atomic E-state index is -3.68. The zero-order valence-electron chi connectivity index (χ0n) is 11.4. The number of hydrogen-bond acceptors (Lipinski definition) is 2. The van der Waals surface area contributed by atoms with Gasteiger partial charge < -0.3 is 0 Å². The molecule has 0 heterocycles. The van der Waals surface area contributed by atoms with Crippen LogP contribution in [0.25, 0.3) is 0 Å². The standard InChI is InChI=1S/C15H16FNO2S/c1-3-12-5-8-14(9-6-12)20(18,19)17-13-7-4-11(2)15(16)10-13/h4-10,17H,3H2,1-2H3. The lowest BCUT2D eigenvalue weighted by molar-refractivity contribution is 0.601. The van der Waals surface area contributed by atoms with Gasteiger partial charge in [-0.05, 0) is 48.7 Å². The molecule has 0 bridgehead atoms. The molecule has 0 unspecified atom stereocenters. The third-order valence-corrected chi connectivity index (χ3v) is 4.46. The van der Waals surface area contributed by atoms with Crippen LogP contribution in [-0.4, -0.2) is 8.42 Å². The largest absolute Gasteiger partial charge is 0.280 e. The van der Waals surface area contributed by atoms with Gasteiger partial charge in [-0.3, -0.25) is 4.72 Å². The van der Waals surface area contributed by atoms with E-state index in [0.717, 1.165) is 12.0 Å². The fourth-order valence-electron chi connectivity index (χ4n) is 1.77. The van der Waals surface area contributed by atoms with Crippen molar-refractivity contribution in [3.8, 4) is 0 Å². The molecule has 0 atom stereocenters. The van der Waals surface area contributed by atoms with Crippen LogP contribution < -0.4 is 4.72 Å². The molecule has 106 valence electrons. The number of anilines is 1. The number of rotatable bonds is 4. The van der Waals surface area contributed by atoms with E-state index in [-0.39, 0.29) is 10.6 Å². The Bertz CT molecular complexity index is 709. The lowest BCUT2D eigenvalue weighted by Gasteiger charge is -2.09. The summed E-state index contributed by atoms with van der Waals surface area (Å²) in [5.41, 5.74) is 1.75. The number of halogens is 1. The summed E-state index contributed by atoms with van der Waals surface area (Å²) in [5, 5.41) is 0. The molecule has 0 spiro atoms. The van der Waals surface area contributed by atoms with E-state index in [1.54, 1.807) is 31.2 Å². The van der Waals surface area contributed by atoms with Crippen LogP contribution in [0.4, 0.5) is 10.1 Å². The van der Waals surface area contributed by atoms with Gasteiger partial charge in [-0.2, -0.15) is 0 Å². The highest BCUT2D eigenvalue weighted by Gasteiger charge is 2.14. The first kappa shape index (κ1) is 14.5. The highest BCUT2D eigenvalue weighted by molar-refractivity contribution is 7.92. The summed E-state index contributed by atoms with van der Waals surface area (Å²) >= 11 is 0. The van der Waals surface area contributed by atoms with E-state index >= 15 is 0 Å². The molecule has 0 aliphatic heterocycles. The Morgan fingerprint density at radius 3 is 2.30 bits per heavy atom. The van der Waals surface area contributed by atoms with Crippen LogP contribution in [0.15, 0.2) is 47.4 Å². The summed E-state index contributed by atoms with van der Waals surface area (Å²) in [6, 6.07) is 10.9. The Labute approximate surface area is 118 Å². The van der Waals surface area contributed by atoms with Crippen molar-refractivity contribution in [3.05, 3.63) is 59.4 Å². The summed E-state index contributed by atoms with van der Waals surface area (Å²) in [7, 11) is -3.68. The van der Waals surface area contributed by atoms with Gasteiger partial charge in [0.1, 0.15) is 5.82 Å². The van der Waals surface area contributed by atoms with Crippen molar-refractivity contribution in [2.24, 2.45) is 0 Å². The van der Waals surface area contributed by atoms with Crippen molar-refractivity contribution >= 4 is 15.7 Å². The molecule has 0 amide bonds. The number of aryl methyl sites for hydroxylation is 2. The summed E-state index contributed by atoms with van der Waals surface area (Å²) in [6.45, 7) is 3.62. The number of hydrogen-bond donors (Lipinski definition) is 1. The fraction of sp³-hybridized carbons (Fsp3) is 0.200. The van der Waals surface area contributed by atoms with Crippen LogP contribution in [0.1, 0.15) is 18.1 Å². The Morgan fingerprint density at radius 2 is 1.75 bits per heavy atom. The third kappa shape index (κ3) is 3.17. The molecule has 0 aromatic heterocycles. The van der Waals surface area contributed by atoms with Gasteiger partial charge in [0.2, 0.25) is 0 Å². The number of benzene rings is 2. The molecular formula is C15H16FNO2S. The molecule has 5 heteroatoms. The Hall–Kier alpha value is -1.88. The van der Waals surface area contributed by atoms with Gasteiger partial charge in [-0.1, -0.05) is 25.1 Å². The topological polar surface area (TPSA) is 46.2 Å². The lowest BCUT2D eigenvalue weighted by atomic mass is 10.2. The van der Waals surface area contributed by atoms with E-state index in [0.29, 0.717) is 5.56 Å². The summed E-state index contributed by atoms with van der Waals surface area (Å²) in [5.74, 6) is -0.438. The Balaban J connectivity index is 2.27. The second-order valence-electron chi connectivity index (χ2n) is 4.57. The van der Waals surface area contributed by atoms with Crippen molar-refractivity contribution in [2.75, 3.05) is 4.72 Å². The van der Waals surface area contributed by atoms with Crippen LogP contribution in [0.2, 0.25) is 0 Å². The molecule has 0 radical (unpaired) electrons. The van der Waals surface area contributed by atoms with Gasteiger partial charge in [0.25, 0.3) is 10.0 Å². The molecule has 3 nitrogen and oxygen atoms in total. The maximum Gasteiger partial charge on any atom is 0.261 e. The van der Waals surface area contributed by atoms with Crippen LogP contribution in [0.5, 0.6) is 0 Å². The molecule has 20 heavy (non-hydrogen) atoms. The Morgan fingerprint density at radius 1 is 1.10 bits per heavy atom. The number of nitrogens with one attached hydrogen (secondary N) is 1. The lowest BCUT2D eigenvalue weighted by Crippen LogP contribution is -2.13. The van der Waals surface area contributed by atoms with E-state index in [4.69, 9.17) is 0 Å². The van der Waals surface area contributed by atoms with Gasteiger partial charge >= 0.3 is 0 Å². The molecule has 2 aromatic rings. The fourth-order valence-corrected chi connectivity index (χ4v) is 2.82.